The molecule has 1 aromatic rings. The number of aryl methyl sites for hydroxylation is 1. The third kappa shape index (κ3) is 3.32. The van der Waals surface area contributed by atoms with E-state index >= 15 is 0 Å². The van der Waals surface area contributed by atoms with Gasteiger partial charge in [-0.25, -0.2) is 0 Å². The number of hydrogen-bond donors (Lipinski definition) is 2. The van der Waals surface area contributed by atoms with Crippen molar-refractivity contribution in [3.63, 3.8) is 0 Å². The second kappa shape index (κ2) is 6.66. The summed E-state index contributed by atoms with van der Waals surface area (Å²) in [7, 11) is 0. The van der Waals surface area contributed by atoms with Crippen LogP contribution in [0.25, 0.3) is 0 Å². The molecule has 1 rings (SSSR count). The number of hydrogen-bond acceptors (Lipinski definition) is 3. The molecule has 4 heteroatoms. The minimum absolute atomic E-state index is 0.00727. The van der Waals surface area contributed by atoms with Gasteiger partial charge in [0.25, 0.3) is 5.91 Å². The van der Waals surface area contributed by atoms with E-state index in [2.05, 4.69) is 5.32 Å². The topological polar surface area (TPSA) is 49.3 Å². The van der Waals surface area contributed by atoms with Crippen molar-refractivity contribution in [2.24, 2.45) is 0 Å². The molecule has 0 aromatic carbocycles. The fourth-order valence-electron chi connectivity index (χ4n) is 1.60. The fraction of sp³-hybridized carbons (Fsp3) is 0.583. The molecule has 0 fully saturated rings. The second-order valence-corrected chi connectivity index (χ2v) is 4.64. The Hall–Kier alpha value is -0.870. The van der Waals surface area contributed by atoms with Gasteiger partial charge in [-0.2, -0.15) is 0 Å². The number of carbonyl (C=O) groups is 1. The molecule has 1 heterocycles. The lowest BCUT2D eigenvalue weighted by Crippen LogP contribution is -2.35. The first-order chi connectivity index (χ1) is 7.72. The number of amides is 1. The SMILES string of the molecule is CCc1ccsc1C(=O)NC(CC)CCO. The Morgan fingerprint density at radius 2 is 2.31 bits per heavy atom. The van der Waals surface area contributed by atoms with Crippen molar-refractivity contribution in [1.29, 1.82) is 0 Å². The van der Waals surface area contributed by atoms with Crippen LogP contribution < -0.4 is 5.32 Å². The normalized spacial score (nSPS) is 12.4. The third-order valence-corrected chi connectivity index (χ3v) is 3.59. The summed E-state index contributed by atoms with van der Waals surface area (Å²) in [4.78, 5) is 12.8. The Kier molecular flexibility index (Phi) is 5.49. The average Bonchev–Trinajstić information content (AvgIpc) is 2.76. The lowest BCUT2D eigenvalue weighted by molar-refractivity contribution is 0.0932. The van der Waals surface area contributed by atoms with Crippen LogP contribution in [0.15, 0.2) is 11.4 Å². The number of rotatable bonds is 6. The summed E-state index contributed by atoms with van der Waals surface area (Å²) >= 11 is 1.48. The highest BCUT2D eigenvalue weighted by Gasteiger charge is 2.15. The first kappa shape index (κ1) is 13.2. The van der Waals surface area contributed by atoms with E-state index in [0.29, 0.717) is 6.42 Å². The lowest BCUT2D eigenvalue weighted by Gasteiger charge is -2.15. The Morgan fingerprint density at radius 3 is 2.88 bits per heavy atom. The van der Waals surface area contributed by atoms with E-state index in [9.17, 15) is 4.79 Å². The predicted molar refractivity (Wildman–Crippen MR) is 66.9 cm³/mol. The maximum atomic E-state index is 11.9. The van der Waals surface area contributed by atoms with Gasteiger partial charge in [-0.1, -0.05) is 13.8 Å². The first-order valence-electron chi connectivity index (χ1n) is 5.71. The number of aliphatic hydroxyl groups excluding tert-OH is 1. The highest BCUT2D eigenvalue weighted by molar-refractivity contribution is 7.12. The van der Waals surface area contributed by atoms with Crippen LogP contribution in [0.5, 0.6) is 0 Å². The van der Waals surface area contributed by atoms with E-state index < -0.39 is 0 Å². The Balaban J connectivity index is 2.64. The van der Waals surface area contributed by atoms with Crippen molar-refractivity contribution in [3.05, 3.63) is 21.9 Å². The Morgan fingerprint density at radius 1 is 1.56 bits per heavy atom. The van der Waals surface area contributed by atoms with Crippen LogP contribution in [0.3, 0.4) is 0 Å². The smallest absolute Gasteiger partial charge is 0.261 e. The largest absolute Gasteiger partial charge is 0.396 e. The average molecular weight is 241 g/mol. The van der Waals surface area contributed by atoms with Gasteiger partial charge in [0.05, 0.1) is 4.88 Å². The van der Waals surface area contributed by atoms with Gasteiger partial charge < -0.3 is 10.4 Å². The monoisotopic (exact) mass is 241 g/mol. The maximum absolute atomic E-state index is 11.9. The van der Waals surface area contributed by atoms with Gasteiger partial charge in [-0.3, -0.25) is 4.79 Å². The van der Waals surface area contributed by atoms with Gasteiger partial charge in [0, 0.05) is 12.6 Å². The zero-order valence-electron chi connectivity index (χ0n) is 9.82. The summed E-state index contributed by atoms with van der Waals surface area (Å²) in [6.07, 6.45) is 2.34. The molecule has 1 amide bonds. The van der Waals surface area contributed by atoms with Crippen LogP contribution in [0, 0.1) is 0 Å². The zero-order chi connectivity index (χ0) is 12.0. The molecule has 1 unspecified atom stereocenters. The van der Waals surface area contributed by atoms with Crippen molar-refractivity contribution >= 4 is 17.2 Å². The summed E-state index contributed by atoms with van der Waals surface area (Å²) < 4.78 is 0. The molecule has 0 aliphatic carbocycles. The Labute approximate surface area is 100 Å². The third-order valence-electron chi connectivity index (χ3n) is 2.64. The van der Waals surface area contributed by atoms with Crippen LogP contribution in [0.2, 0.25) is 0 Å². The summed E-state index contributed by atoms with van der Waals surface area (Å²) in [5, 5.41) is 13.8. The van der Waals surface area contributed by atoms with Crippen molar-refractivity contribution < 1.29 is 9.90 Å². The molecule has 0 aliphatic rings. The van der Waals surface area contributed by atoms with Crippen LogP contribution in [0.4, 0.5) is 0 Å². The zero-order valence-corrected chi connectivity index (χ0v) is 10.6. The van der Waals surface area contributed by atoms with E-state index in [4.69, 9.17) is 5.11 Å². The summed E-state index contributed by atoms with van der Waals surface area (Å²) in [5.74, 6) is -0.00727. The maximum Gasteiger partial charge on any atom is 0.261 e. The molecule has 0 aliphatic heterocycles. The Bertz CT molecular complexity index is 336. The number of thiophene rings is 1. The predicted octanol–water partition coefficient (Wildman–Crippen LogP) is 2.20. The quantitative estimate of drug-likeness (QED) is 0.802. The highest BCUT2D eigenvalue weighted by Crippen LogP contribution is 2.17. The minimum Gasteiger partial charge on any atom is -0.396 e. The van der Waals surface area contributed by atoms with E-state index in [1.165, 1.54) is 11.3 Å². The van der Waals surface area contributed by atoms with Crippen molar-refractivity contribution in [1.82, 2.24) is 5.32 Å². The van der Waals surface area contributed by atoms with Crippen molar-refractivity contribution in [2.75, 3.05) is 6.61 Å². The van der Waals surface area contributed by atoms with Gasteiger partial charge in [0.15, 0.2) is 0 Å². The molecule has 0 radical (unpaired) electrons. The minimum atomic E-state index is -0.00727. The molecular weight excluding hydrogens is 222 g/mol. The van der Waals surface area contributed by atoms with Crippen LogP contribution in [-0.4, -0.2) is 23.7 Å². The van der Waals surface area contributed by atoms with Crippen molar-refractivity contribution in [2.45, 2.75) is 39.2 Å². The summed E-state index contributed by atoms with van der Waals surface area (Å²) in [6.45, 7) is 4.17. The molecule has 2 N–H and O–H groups in total. The highest BCUT2D eigenvalue weighted by atomic mass is 32.1. The van der Waals surface area contributed by atoms with E-state index in [1.807, 2.05) is 25.3 Å². The van der Waals surface area contributed by atoms with E-state index in [0.717, 1.165) is 23.3 Å². The lowest BCUT2D eigenvalue weighted by atomic mass is 10.1. The van der Waals surface area contributed by atoms with Crippen LogP contribution in [0.1, 0.15) is 41.9 Å². The first-order valence-corrected chi connectivity index (χ1v) is 6.58. The molecule has 0 bridgehead atoms. The summed E-state index contributed by atoms with van der Waals surface area (Å²) in [6, 6.07) is 2.07. The van der Waals surface area contributed by atoms with Gasteiger partial charge in [-0.15, -0.1) is 11.3 Å². The fourth-order valence-corrected chi connectivity index (χ4v) is 2.50. The standard InChI is InChI=1S/C12H19NO2S/c1-3-9-6-8-16-11(9)12(15)13-10(4-2)5-7-14/h6,8,10,14H,3-5,7H2,1-2H3,(H,13,15). The van der Waals surface area contributed by atoms with E-state index in [-0.39, 0.29) is 18.6 Å². The molecule has 1 aromatic heterocycles. The van der Waals surface area contributed by atoms with Gasteiger partial charge in [-0.05, 0) is 36.3 Å². The van der Waals surface area contributed by atoms with Gasteiger partial charge >= 0.3 is 0 Å². The molecule has 1 atom stereocenters. The molecular formula is C12H19NO2S. The molecule has 0 saturated carbocycles. The summed E-state index contributed by atoms with van der Waals surface area (Å²) in [5.41, 5.74) is 1.10. The van der Waals surface area contributed by atoms with Gasteiger partial charge in [0.1, 0.15) is 0 Å². The number of nitrogens with one attached hydrogen (secondary N) is 1. The number of aliphatic hydroxyl groups is 1. The molecule has 3 nitrogen and oxygen atoms in total. The molecule has 16 heavy (non-hydrogen) atoms. The van der Waals surface area contributed by atoms with Crippen LogP contribution >= 0.6 is 11.3 Å². The molecule has 0 saturated heterocycles. The van der Waals surface area contributed by atoms with Crippen LogP contribution in [-0.2, 0) is 6.42 Å². The van der Waals surface area contributed by atoms with Crippen molar-refractivity contribution in [3.8, 4) is 0 Å². The van der Waals surface area contributed by atoms with E-state index in [1.54, 1.807) is 0 Å². The number of carbonyl (C=O) groups excluding carboxylic acids is 1. The van der Waals surface area contributed by atoms with Gasteiger partial charge in [0.2, 0.25) is 0 Å². The second-order valence-electron chi connectivity index (χ2n) is 3.72. The molecule has 0 spiro atoms. The molecule has 90 valence electrons.